The molecule has 5 nitrogen and oxygen atoms in total. The van der Waals surface area contributed by atoms with Crippen molar-refractivity contribution in [3.8, 4) is 0 Å². The highest BCUT2D eigenvalue weighted by Gasteiger charge is 2.32. The van der Waals surface area contributed by atoms with Crippen molar-refractivity contribution in [2.75, 3.05) is 4.90 Å². The van der Waals surface area contributed by atoms with Crippen LogP contribution >= 0.6 is 11.3 Å². The molecule has 34 heavy (non-hydrogen) atoms. The van der Waals surface area contributed by atoms with Crippen molar-refractivity contribution in [1.29, 1.82) is 0 Å². The molecule has 3 aromatic carbocycles. The molecule has 5 aromatic rings. The lowest BCUT2D eigenvalue weighted by Gasteiger charge is -2.21. The largest absolute Gasteiger partial charge is 0.288 e. The topological polar surface area (TPSA) is 63.2 Å². The number of aromatic nitrogens is 2. The first kappa shape index (κ1) is 20.2. The first-order valence-corrected chi connectivity index (χ1v) is 11.6. The summed E-state index contributed by atoms with van der Waals surface area (Å²) >= 11 is 1.47. The van der Waals surface area contributed by atoms with Crippen LogP contribution in [0.3, 0.4) is 0 Å². The summed E-state index contributed by atoms with van der Waals surface area (Å²) in [5.41, 5.74) is 2.89. The normalized spacial score (nSPS) is 12.8. The van der Waals surface area contributed by atoms with Crippen LogP contribution in [-0.4, -0.2) is 21.5 Å². The Kier molecular flexibility index (Phi) is 4.86. The number of hydrogen-bond donors (Lipinski definition) is 0. The summed E-state index contributed by atoms with van der Waals surface area (Å²) in [7, 11) is 0. The van der Waals surface area contributed by atoms with E-state index in [-0.39, 0.29) is 17.1 Å². The second-order valence-corrected chi connectivity index (χ2v) is 8.93. The number of benzene rings is 3. The molecular weight excluding hydrogens is 442 g/mol. The maximum atomic E-state index is 12.8. The number of hydrogen-bond acceptors (Lipinski definition) is 6. The number of fused-ring (bicyclic) bond motifs is 2. The van der Waals surface area contributed by atoms with Crippen LogP contribution in [0.4, 0.5) is 16.6 Å². The number of nitrogens with zero attached hydrogens (tertiary/aromatic N) is 3. The fourth-order valence-electron chi connectivity index (χ4n) is 4.07. The lowest BCUT2D eigenvalue weighted by molar-refractivity contribution is 0.0990. The standard InChI is InChI=1S/C28H17N3O2S/c32-26-21-11-5-6-12-22(21)27(33)23(26)16-20-14-15-25(34-20)31(19-9-2-1-3-10-19)28-29-17-18-8-4-7-13-24(18)30-28/h1-17H. The maximum Gasteiger partial charge on any atom is 0.235 e. The fraction of sp³-hybridized carbons (Fsp3) is 0. The number of rotatable bonds is 4. The Bertz CT molecular complexity index is 1570. The average Bonchev–Trinajstić information content (AvgIpc) is 3.44. The molecule has 2 heterocycles. The van der Waals surface area contributed by atoms with E-state index in [4.69, 9.17) is 4.98 Å². The minimum Gasteiger partial charge on any atom is -0.288 e. The first-order chi connectivity index (χ1) is 16.7. The van der Waals surface area contributed by atoms with Gasteiger partial charge in [0.15, 0.2) is 11.6 Å². The van der Waals surface area contributed by atoms with Gasteiger partial charge in [-0.15, -0.1) is 11.3 Å². The number of carbonyl (C=O) groups excluding carboxylic acids is 2. The Morgan fingerprint density at radius 3 is 2.18 bits per heavy atom. The zero-order chi connectivity index (χ0) is 23.1. The summed E-state index contributed by atoms with van der Waals surface area (Å²) in [5.74, 6) is 0.0908. The van der Waals surface area contributed by atoms with Crippen LogP contribution < -0.4 is 4.90 Å². The molecule has 0 N–H and O–H groups in total. The number of Topliss-reactive ketones (excluding diaryl/α,β-unsaturated/α-hetero) is 2. The highest BCUT2D eigenvalue weighted by Crippen LogP contribution is 2.38. The third kappa shape index (κ3) is 3.41. The Hall–Kier alpha value is -4.42. The highest BCUT2D eigenvalue weighted by atomic mass is 32.1. The van der Waals surface area contributed by atoms with E-state index in [1.807, 2.05) is 77.8 Å². The van der Waals surface area contributed by atoms with Crippen LogP contribution in [0.25, 0.3) is 17.0 Å². The van der Waals surface area contributed by atoms with E-state index in [0.717, 1.165) is 26.5 Å². The van der Waals surface area contributed by atoms with Gasteiger partial charge in [-0.1, -0.05) is 60.7 Å². The molecule has 0 amide bonds. The van der Waals surface area contributed by atoms with Crippen molar-refractivity contribution < 1.29 is 9.59 Å². The Labute approximate surface area is 199 Å². The van der Waals surface area contributed by atoms with E-state index >= 15 is 0 Å². The molecule has 2 aromatic heterocycles. The van der Waals surface area contributed by atoms with Crippen LogP contribution in [0.1, 0.15) is 25.6 Å². The van der Waals surface area contributed by atoms with Crippen molar-refractivity contribution in [3.63, 3.8) is 0 Å². The second-order valence-electron chi connectivity index (χ2n) is 7.84. The van der Waals surface area contributed by atoms with Crippen LogP contribution in [0.15, 0.2) is 103 Å². The van der Waals surface area contributed by atoms with Gasteiger partial charge in [0.25, 0.3) is 0 Å². The van der Waals surface area contributed by atoms with Crippen molar-refractivity contribution >= 4 is 56.5 Å². The van der Waals surface area contributed by atoms with Gasteiger partial charge in [0.05, 0.1) is 11.1 Å². The highest BCUT2D eigenvalue weighted by molar-refractivity contribution is 7.17. The first-order valence-electron chi connectivity index (χ1n) is 10.8. The van der Waals surface area contributed by atoms with Crippen molar-refractivity contribution in [2.24, 2.45) is 0 Å². The second kappa shape index (κ2) is 8.17. The molecule has 0 fully saturated rings. The summed E-state index contributed by atoms with van der Waals surface area (Å²) in [5, 5.41) is 1.84. The number of allylic oxidation sites excluding steroid dienone is 1. The van der Waals surface area contributed by atoms with Gasteiger partial charge in [-0.3, -0.25) is 14.5 Å². The van der Waals surface area contributed by atoms with Gasteiger partial charge in [0.2, 0.25) is 5.95 Å². The predicted molar refractivity (Wildman–Crippen MR) is 135 cm³/mol. The number of carbonyl (C=O) groups is 2. The molecule has 1 aliphatic carbocycles. The summed E-state index contributed by atoms with van der Waals surface area (Å²) in [6, 6.07) is 28.6. The number of thiophene rings is 1. The van der Waals surface area contributed by atoms with Crippen LogP contribution in [0, 0.1) is 0 Å². The number of anilines is 3. The van der Waals surface area contributed by atoms with Gasteiger partial charge in [-0.25, -0.2) is 9.97 Å². The molecular formula is C28H17N3O2S. The average molecular weight is 460 g/mol. The van der Waals surface area contributed by atoms with E-state index in [0.29, 0.717) is 17.1 Å². The van der Waals surface area contributed by atoms with Crippen molar-refractivity contribution in [3.05, 3.63) is 119 Å². The SMILES string of the molecule is O=C1C(=Cc2ccc(N(c3ccccc3)c3ncc4ccccc4n3)s2)C(=O)c2ccccc21. The van der Waals surface area contributed by atoms with Gasteiger partial charge in [0, 0.05) is 33.3 Å². The Morgan fingerprint density at radius 2 is 1.41 bits per heavy atom. The lowest BCUT2D eigenvalue weighted by atomic mass is 10.1. The van der Waals surface area contributed by atoms with Crippen LogP contribution in [0.2, 0.25) is 0 Å². The van der Waals surface area contributed by atoms with Gasteiger partial charge < -0.3 is 0 Å². The molecule has 162 valence electrons. The van der Waals surface area contributed by atoms with Gasteiger partial charge in [-0.05, 0) is 36.4 Å². The van der Waals surface area contributed by atoms with Gasteiger partial charge in [-0.2, -0.15) is 0 Å². The summed E-state index contributed by atoms with van der Waals surface area (Å²) in [6.07, 6.45) is 3.50. The minimum absolute atomic E-state index is 0.197. The monoisotopic (exact) mass is 459 g/mol. The Morgan fingerprint density at radius 1 is 0.735 bits per heavy atom. The van der Waals surface area contributed by atoms with Crippen LogP contribution in [0.5, 0.6) is 0 Å². The van der Waals surface area contributed by atoms with Crippen molar-refractivity contribution in [1.82, 2.24) is 9.97 Å². The van der Waals surface area contributed by atoms with E-state index in [9.17, 15) is 9.59 Å². The summed E-state index contributed by atoms with van der Waals surface area (Å²) < 4.78 is 0. The smallest absolute Gasteiger partial charge is 0.235 e. The zero-order valence-electron chi connectivity index (χ0n) is 17.9. The van der Waals surface area contributed by atoms with E-state index in [1.54, 1.807) is 30.3 Å². The third-order valence-electron chi connectivity index (χ3n) is 5.72. The molecule has 0 unspecified atom stereocenters. The lowest BCUT2D eigenvalue weighted by Crippen LogP contribution is -2.11. The third-order valence-corrected chi connectivity index (χ3v) is 6.73. The molecule has 0 radical (unpaired) electrons. The number of para-hydroxylation sites is 2. The molecule has 0 bridgehead atoms. The molecule has 6 heteroatoms. The molecule has 0 aliphatic heterocycles. The van der Waals surface area contributed by atoms with Gasteiger partial charge >= 0.3 is 0 Å². The van der Waals surface area contributed by atoms with E-state index < -0.39 is 0 Å². The maximum absolute atomic E-state index is 12.8. The predicted octanol–water partition coefficient (Wildman–Crippen LogP) is 6.62. The van der Waals surface area contributed by atoms with E-state index in [2.05, 4.69) is 4.98 Å². The molecule has 0 saturated heterocycles. The zero-order valence-corrected chi connectivity index (χ0v) is 18.7. The van der Waals surface area contributed by atoms with Gasteiger partial charge in [0.1, 0.15) is 5.00 Å². The van der Waals surface area contributed by atoms with Crippen LogP contribution in [-0.2, 0) is 0 Å². The molecule has 1 aliphatic rings. The van der Waals surface area contributed by atoms with Crippen molar-refractivity contribution in [2.45, 2.75) is 0 Å². The number of ketones is 2. The molecule has 0 spiro atoms. The molecule has 6 rings (SSSR count). The quantitative estimate of drug-likeness (QED) is 0.223. The van der Waals surface area contributed by atoms with E-state index in [1.165, 1.54) is 11.3 Å². The molecule has 0 atom stereocenters. The Balaban J connectivity index is 1.42. The minimum atomic E-state index is -0.228. The fourth-order valence-corrected chi connectivity index (χ4v) is 5.04. The summed E-state index contributed by atoms with van der Waals surface area (Å²) in [6.45, 7) is 0. The molecule has 0 saturated carbocycles. The summed E-state index contributed by atoms with van der Waals surface area (Å²) in [4.78, 5) is 37.8.